The lowest BCUT2D eigenvalue weighted by Gasteiger charge is -2.25. The van der Waals surface area contributed by atoms with Gasteiger partial charge in [-0.2, -0.15) is 4.31 Å². The standard InChI is InChI=1S/C22H29N3O4S/c1-24(17-19-7-6-8-20(15-19)29-2)22(26)23-16-18-9-11-21(12-10-18)30(27,28)25-13-4-3-5-14-25/h6-12,15H,3-5,13-14,16-17H2,1-2H3,(H,23,26). The van der Waals surface area contributed by atoms with Crippen LogP contribution in [0.3, 0.4) is 0 Å². The van der Waals surface area contributed by atoms with Gasteiger partial charge in [-0.05, 0) is 48.2 Å². The van der Waals surface area contributed by atoms with Gasteiger partial charge < -0.3 is 15.0 Å². The highest BCUT2D eigenvalue weighted by Gasteiger charge is 2.25. The number of carbonyl (C=O) groups is 1. The zero-order chi connectivity index (χ0) is 21.6. The first-order valence-electron chi connectivity index (χ1n) is 10.1. The Hall–Kier alpha value is -2.58. The Kier molecular flexibility index (Phi) is 7.33. The molecule has 1 saturated heterocycles. The van der Waals surface area contributed by atoms with E-state index in [0.29, 0.717) is 31.1 Å². The number of hydrogen-bond donors (Lipinski definition) is 1. The quantitative estimate of drug-likeness (QED) is 0.730. The van der Waals surface area contributed by atoms with Crippen molar-refractivity contribution >= 4 is 16.1 Å². The first-order chi connectivity index (χ1) is 14.4. The van der Waals surface area contributed by atoms with Gasteiger partial charge in [-0.15, -0.1) is 0 Å². The Balaban J connectivity index is 1.54. The zero-order valence-corrected chi connectivity index (χ0v) is 18.3. The number of ether oxygens (including phenoxy) is 1. The van der Waals surface area contributed by atoms with Crippen LogP contribution in [0.15, 0.2) is 53.4 Å². The van der Waals surface area contributed by atoms with Gasteiger partial charge >= 0.3 is 6.03 Å². The lowest BCUT2D eigenvalue weighted by molar-refractivity contribution is 0.206. The molecule has 0 unspecified atom stereocenters. The molecule has 1 heterocycles. The average molecular weight is 432 g/mol. The van der Waals surface area contributed by atoms with E-state index in [1.165, 1.54) is 0 Å². The van der Waals surface area contributed by atoms with E-state index in [-0.39, 0.29) is 6.03 Å². The van der Waals surface area contributed by atoms with E-state index in [2.05, 4.69) is 5.32 Å². The molecule has 0 radical (unpaired) electrons. The first-order valence-corrected chi connectivity index (χ1v) is 11.5. The summed E-state index contributed by atoms with van der Waals surface area (Å²) in [5.41, 5.74) is 1.81. The molecule has 1 N–H and O–H groups in total. The summed E-state index contributed by atoms with van der Waals surface area (Å²) >= 11 is 0. The van der Waals surface area contributed by atoms with Crippen LogP contribution in [0.4, 0.5) is 4.79 Å². The van der Waals surface area contributed by atoms with E-state index < -0.39 is 10.0 Å². The molecule has 0 spiro atoms. The Morgan fingerprint density at radius 2 is 1.77 bits per heavy atom. The van der Waals surface area contributed by atoms with Crippen molar-refractivity contribution < 1.29 is 17.9 Å². The molecule has 3 rings (SSSR count). The fraction of sp³-hybridized carbons (Fsp3) is 0.409. The summed E-state index contributed by atoms with van der Waals surface area (Å²) in [5, 5.41) is 2.87. The van der Waals surface area contributed by atoms with Gasteiger partial charge in [0.1, 0.15) is 5.75 Å². The minimum absolute atomic E-state index is 0.206. The normalized spacial score (nSPS) is 14.9. The van der Waals surface area contributed by atoms with Gasteiger partial charge in [0.05, 0.1) is 12.0 Å². The van der Waals surface area contributed by atoms with Gasteiger partial charge in [0.15, 0.2) is 0 Å². The van der Waals surface area contributed by atoms with Crippen LogP contribution in [-0.2, 0) is 23.1 Å². The van der Waals surface area contributed by atoms with Crippen molar-refractivity contribution in [3.63, 3.8) is 0 Å². The van der Waals surface area contributed by atoms with Gasteiger partial charge in [0.2, 0.25) is 10.0 Å². The molecule has 2 amide bonds. The molecule has 0 aromatic heterocycles. The van der Waals surface area contributed by atoms with Crippen molar-refractivity contribution in [2.75, 3.05) is 27.2 Å². The largest absolute Gasteiger partial charge is 0.497 e. The number of methoxy groups -OCH3 is 1. The third kappa shape index (κ3) is 5.52. The molecule has 1 aliphatic rings. The van der Waals surface area contributed by atoms with Crippen LogP contribution in [0.1, 0.15) is 30.4 Å². The number of benzene rings is 2. The predicted octanol–water partition coefficient (Wildman–Crippen LogP) is 3.21. The first kappa shape index (κ1) is 22.1. The highest BCUT2D eigenvalue weighted by molar-refractivity contribution is 7.89. The van der Waals surface area contributed by atoms with Crippen molar-refractivity contribution in [1.82, 2.24) is 14.5 Å². The Morgan fingerprint density at radius 1 is 1.07 bits per heavy atom. The SMILES string of the molecule is COc1cccc(CN(C)C(=O)NCc2ccc(S(=O)(=O)N3CCCCC3)cc2)c1. The molecule has 1 aliphatic heterocycles. The summed E-state index contributed by atoms with van der Waals surface area (Å²) in [4.78, 5) is 14.3. The number of urea groups is 1. The molecule has 162 valence electrons. The van der Waals surface area contributed by atoms with Crippen molar-refractivity contribution in [1.29, 1.82) is 0 Å². The van der Waals surface area contributed by atoms with Crippen molar-refractivity contribution in [2.45, 2.75) is 37.2 Å². The summed E-state index contributed by atoms with van der Waals surface area (Å²) in [5.74, 6) is 0.751. The summed E-state index contributed by atoms with van der Waals surface area (Å²) < 4.78 is 32.2. The summed E-state index contributed by atoms with van der Waals surface area (Å²) in [6.07, 6.45) is 2.90. The number of nitrogens with zero attached hydrogens (tertiary/aromatic N) is 2. The monoisotopic (exact) mass is 431 g/mol. The topological polar surface area (TPSA) is 79.0 Å². The van der Waals surface area contributed by atoms with E-state index >= 15 is 0 Å². The Labute approximate surface area is 178 Å². The van der Waals surface area contributed by atoms with Crippen LogP contribution in [0, 0.1) is 0 Å². The van der Waals surface area contributed by atoms with E-state index in [1.54, 1.807) is 47.6 Å². The van der Waals surface area contributed by atoms with E-state index in [0.717, 1.165) is 36.1 Å². The number of amides is 2. The van der Waals surface area contributed by atoms with E-state index in [9.17, 15) is 13.2 Å². The maximum Gasteiger partial charge on any atom is 0.317 e. The molecule has 8 heteroatoms. The summed E-state index contributed by atoms with van der Waals surface area (Å²) in [6.45, 7) is 1.95. The van der Waals surface area contributed by atoms with Crippen molar-refractivity contribution in [2.24, 2.45) is 0 Å². The van der Waals surface area contributed by atoms with Gasteiger partial charge in [-0.3, -0.25) is 0 Å². The summed E-state index contributed by atoms with van der Waals surface area (Å²) in [7, 11) is -0.101. The van der Waals surface area contributed by atoms with Gasteiger partial charge in [0, 0.05) is 33.2 Å². The third-order valence-corrected chi connectivity index (χ3v) is 7.13. The highest BCUT2D eigenvalue weighted by Crippen LogP contribution is 2.21. The number of sulfonamides is 1. The van der Waals surface area contributed by atoms with Crippen LogP contribution < -0.4 is 10.1 Å². The minimum atomic E-state index is -3.44. The van der Waals surface area contributed by atoms with Crippen LogP contribution in [0.5, 0.6) is 5.75 Å². The fourth-order valence-corrected chi connectivity index (χ4v) is 4.98. The maximum atomic E-state index is 12.7. The number of hydrogen-bond acceptors (Lipinski definition) is 4. The predicted molar refractivity (Wildman–Crippen MR) is 116 cm³/mol. The third-order valence-electron chi connectivity index (χ3n) is 5.22. The number of piperidine rings is 1. The zero-order valence-electron chi connectivity index (χ0n) is 17.5. The molecule has 1 fully saturated rings. The maximum absolute atomic E-state index is 12.7. The highest BCUT2D eigenvalue weighted by atomic mass is 32.2. The molecule has 0 bridgehead atoms. The molecule has 7 nitrogen and oxygen atoms in total. The van der Waals surface area contributed by atoms with Crippen LogP contribution in [0.25, 0.3) is 0 Å². The van der Waals surface area contributed by atoms with Crippen molar-refractivity contribution in [3.8, 4) is 5.75 Å². The van der Waals surface area contributed by atoms with E-state index in [1.807, 2.05) is 24.3 Å². The average Bonchev–Trinajstić information content (AvgIpc) is 2.78. The Morgan fingerprint density at radius 3 is 2.43 bits per heavy atom. The van der Waals surface area contributed by atoms with Crippen LogP contribution in [0.2, 0.25) is 0 Å². The molecule has 30 heavy (non-hydrogen) atoms. The minimum Gasteiger partial charge on any atom is -0.497 e. The smallest absolute Gasteiger partial charge is 0.317 e. The van der Waals surface area contributed by atoms with Gasteiger partial charge in [0.25, 0.3) is 0 Å². The van der Waals surface area contributed by atoms with Gasteiger partial charge in [-0.25, -0.2) is 13.2 Å². The molecule has 0 aliphatic carbocycles. The molecule has 2 aromatic rings. The second-order valence-electron chi connectivity index (χ2n) is 7.47. The van der Waals surface area contributed by atoms with Crippen LogP contribution in [-0.4, -0.2) is 50.9 Å². The lowest BCUT2D eigenvalue weighted by Crippen LogP contribution is -2.36. The molecule has 2 aromatic carbocycles. The lowest BCUT2D eigenvalue weighted by atomic mass is 10.2. The number of carbonyl (C=O) groups excluding carboxylic acids is 1. The Bertz CT molecular complexity index is 955. The molecule has 0 saturated carbocycles. The van der Waals surface area contributed by atoms with Crippen molar-refractivity contribution in [3.05, 3.63) is 59.7 Å². The van der Waals surface area contributed by atoms with E-state index in [4.69, 9.17) is 4.74 Å². The van der Waals surface area contributed by atoms with Gasteiger partial charge in [-0.1, -0.05) is 30.7 Å². The second-order valence-corrected chi connectivity index (χ2v) is 9.41. The molecular formula is C22H29N3O4S. The molecule has 0 atom stereocenters. The molecular weight excluding hydrogens is 402 g/mol. The fourth-order valence-electron chi connectivity index (χ4n) is 3.46. The van der Waals surface area contributed by atoms with Crippen LogP contribution >= 0.6 is 0 Å². The number of nitrogens with one attached hydrogen (secondary N) is 1. The number of rotatable bonds is 7. The summed E-state index contributed by atoms with van der Waals surface area (Å²) in [6, 6.07) is 14.1. The second kappa shape index (κ2) is 9.95.